The van der Waals surface area contributed by atoms with Crippen LogP contribution in [0.4, 0.5) is 0 Å². The van der Waals surface area contributed by atoms with Gasteiger partial charge in [0.25, 0.3) is 0 Å². The lowest BCUT2D eigenvalue weighted by atomic mass is 10.0. The number of carbonyl (C=O) groups is 1. The van der Waals surface area contributed by atoms with Crippen molar-refractivity contribution >= 4 is 18.4 Å². The van der Waals surface area contributed by atoms with Crippen molar-refractivity contribution in [3.8, 4) is 0 Å². The second-order valence-corrected chi connectivity index (χ2v) is 2.67. The van der Waals surface area contributed by atoms with E-state index < -0.39 is 0 Å². The van der Waals surface area contributed by atoms with Crippen LogP contribution in [0.25, 0.3) is 0 Å². The Morgan fingerprint density at radius 2 is 2.17 bits per heavy atom. The van der Waals surface area contributed by atoms with Gasteiger partial charge in [-0.05, 0) is 18.9 Å². The summed E-state index contributed by atoms with van der Waals surface area (Å²) in [5.41, 5.74) is 5.45. The zero-order chi connectivity index (χ0) is 8.69. The fourth-order valence-corrected chi connectivity index (χ4v) is 1.03. The molecule has 12 heavy (non-hydrogen) atoms. The lowest BCUT2D eigenvalue weighted by Gasteiger charge is -2.10. The molecule has 0 amide bonds. The molecule has 1 atom stereocenters. The third-order valence-corrected chi connectivity index (χ3v) is 1.71. The normalized spacial score (nSPS) is 11.6. The fraction of sp³-hybridized carbons (Fsp3) is 0.875. The van der Waals surface area contributed by atoms with Crippen molar-refractivity contribution in [2.24, 2.45) is 11.7 Å². The van der Waals surface area contributed by atoms with Crippen molar-refractivity contribution in [1.82, 2.24) is 0 Å². The van der Waals surface area contributed by atoms with E-state index >= 15 is 0 Å². The van der Waals surface area contributed by atoms with Crippen molar-refractivity contribution in [3.63, 3.8) is 0 Å². The van der Waals surface area contributed by atoms with Gasteiger partial charge in [-0.1, -0.05) is 13.3 Å². The maximum atomic E-state index is 10.8. The van der Waals surface area contributed by atoms with Crippen molar-refractivity contribution in [1.29, 1.82) is 0 Å². The van der Waals surface area contributed by atoms with Crippen LogP contribution in [0.5, 0.6) is 0 Å². The molecule has 4 heteroatoms. The minimum Gasteiger partial charge on any atom is -0.469 e. The van der Waals surface area contributed by atoms with Crippen molar-refractivity contribution in [2.75, 3.05) is 13.7 Å². The van der Waals surface area contributed by atoms with Gasteiger partial charge in [-0.3, -0.25) is 4.79 Å². The first-order valence-corrected chi connectivity index (χ1v) is 4.01. The quantitative estimate of drug-likeness (QED) is 0.674. The number of rotatable bonds is 5. The summed E-state index contributed by atoms with van der Waals surface area (Å²) in [5.74, 6) is 0.140. The van der Waals surface area contributed by atoms with Gasteiger partial charge in [0.15, 0.2) is 0 Å². The molecule has 3 nitrogen and oxygen atoms in total. The summed E-state index contributed by atoms with van der Waals surface area (Å²) in [5, 5.41) is 0. The molecule has 0 rings (SSSR count). The van der Waals surface area contributed by atoms with Crippen LogP contribution in [-0.2, 0) is 9.53 Å². The first-order valence-electron chi connectivity index (χ1n) is 4.01. The van der Waals surface area contributed by atoms with E-state index in [1.165, 1.54) is 7.11 Å². The summed E-state index contributed by atoms with van der Waals surface area (Å²) >= 11 is 0. The van der Waals surface area contributed by atoms with Gasteiger partial charge in [0.1, 0.15) is 0 Å². The number of hydrogen-bond donors (Lipinski definition) is 1. The molecule has 2 N–H and O–H groups in total. The summed E-state index contributed by atoms with van der Waals surface area (Å²) in [7, 11) is 1.40. The van der Waals surface area contributed by atoms with Crippen LogP contribution >= 0.6 is 12.4 Å². The Bertz CT molecular complexity index is 120. The summed E-state index contributed by atoms with van der Waals surface area (Å²) < 4.78 is 4.53. The molecule has 0 aromatic heterocycles. The van der Waals surface area contributed by atoms with E-state index in [2.05, 4.69) is 11.7 Å². The highest BCUT2D eigenvalue weighted by Crippen LogP contribution is 2.09. The van der Waals surface area contributed by atoms with E-state index in [1.54, 1.807) is 0 Å². The molecule has 0 radical (unpaired) electrons. The largest absolute Gasteiger partial charge is 0.469 e. The minimum absolute atomic E-state index is 0. The molecule has 0 saturated heterocycles. The highest BCUT2D eigenvalue weighted by Gasteiger charge is 2.10. The summed E-state index contributed by atoms with van der Waals surface area (Å²) in [6, 6.07) is 0. The lowest BCUT2D eigenvalue weighted by molar-refractivity contribution is -0.141. The van der Waals surface area contributed by atoms with E-state index in [1.807, 2.05) is 0 Å². The second kappa shape index (κ2) is 8.81. The Morgan fingerprint density at radius 3 is 2.50 bits per heavy atom. The van der Waals surface area contributed by atoms with Gasteiger partial charge in [0, 0.05) is 6.42 Å². The maximum absolute atomic E-state index is 10.8. The molecule has 0 bridgehead atoms. The minimum atomic E-state index is -0.158. The second-order valence-electron chi connectivity index (χ2n) is 2.67. The molecule has 0 saturated carbocycles. The molecular formula is C8H18ClNO2. The van der Waals surface area contributed by atoms with Gasteiger partial charge < -0.3 is 10.5 Å². The lowest BCUT2D eigenvalue weighted by Crippen LogP contribution is -2.18. The zero-order valence-corrected chi connectivity index (χ0v) is 8.52. The van der Waals surface area contributed by atoms with Crippen molar-refractivity contribution < 1.29 is 9.53 Å². The van der Waals surface area contributed by atoms with Crippen molar-refractivity contribution in [3.05, 3.63) is 0 Å². The van der Waals surface area contributed by atoms with Gasteiger partial charge in [0.2, 0.25) is 0 Å². The average molecular weight is 196 g/mol. The SMILES string of the molecule is CCC[C@@H](CN)CC(=O)OC.Cl. The summed E-state index contributed by atoms with van der Waals surface area (Å²) in [6.45, 7) is 2.66. The van der Waals surface area contributed by atoms with Gasteiger partial charge >= 0.3 is 5.97 Å². The predicted molar refractivity (Wildman–Crippen MR) is 51.3 cm³/mol. The Labute approximate surface area is 80.1 Å². The monoisotopic (exact) mass is 195 g/mol. The standard InChI is InChI=1S/C8H17NO2.ClH/c1-3-4-7(6-9)5-8(10)11-2;/h7H,3-6,9H2,1-2H3;1H/t7-;/m1./s1. The highest BCUT2D eigenvalue weighted by atomic mass is 35.5. The molecule has 0 spiro atoms. The Kier molecular flexibility index (Phi) is 10.5. The van der Waals surface area contributed by atoms with Gasteiger partial charge in [0.05, 0.1) is 7.11 Å². The van der Waals surface area contributed by atoms with Crippen LogP contribution in [0.3, 0.4) is 0 Å². The average Bonchev–Trinajstić information content (AvgIpc) is 2.03. The topological polar surface area (TPSA) is 52.3 Å². The van der Waals surface area contributed by atoms with E-state index in [9.17, 15) is 4.79 Å². The highest BCUT2D eigenvalue weighted by molar-refractivity contribution is 5.85. The van der Waals surface area contributed by atoms with Gasteiger partial charge in [-0.15, -0.1) is 12.4 Å². The number of methoxy groups -OCH3 is 1. The maximum Gasteiger partial charge on any atom is 0.305 e. The van der Waals surface area contributed by atoms with Gasteiger partial charge in [-0.25, -0.2) is 0 Å². The number of ether oxygens (including phenoxy) is 1. The summed E-state index contributed by atoms with van der Waals surface area (Å²) in [6.07, 6.45) is 2.53. The van der Waals surface area contributed by atoms with Gasteiger partial charge in [-0.2, -0.15) is 0 Å². The molecule has 0 aliphatic rings. The Balaban J connectivity index is 0. The first-order chi connectivity index (χ1) is 5.24. The molecular weight excluding hydrogens is 178 g/mol. The number of halogens is 1. The third-order valence-electron chi connectivity index (χ3n) is 1.71. The number of nitrogens with two attached hydrogens (primary N) is 1. The van der Waals surface area contributed by atoms with E-state index in [4.69, 9.17) is 5.73 Å². The Hall–Kier alpha value is -0.280. The van der Waals surface area contributed by atoms with Crippen molar-refractivity contribution in [2.45, 2.75) is 26.2 Å². The zero-order valence-electron chi connectivity index (χ0n) is 7.71. The first kappa shape index (κ1) is 14.3. The predicted octanol–water partition coefficient (Wildman–Crippen LogP) is 1.35. The van der Waals surface area contributed by atoms with E-state index in [0.717, 1.165) is 12.8 Å². The Morgan fingerprint density at radius 1 is 1.58 bits per heavy atom. The molecule has 0 aliphatic heterocycles. The van der Waals surface area contributed by atoms with Crippen LogP contribution in [0.1, 0.15) is 26.2 Å². The van der Waals surface area contributed by atoms with E-state index in [-0.39, 0.29) is 18.4 Å². The summed E-state index contributed by atoms with van der Waals surface area (Å²) in [4.78, 5) is 10.8. The molecule has 0 heterocycles. The molecule has 0 aliphatic carbocycles. The van der Waals surface area contributed by atoms with Crippen LogP contribution in [0.2, 0.25) is 0 Å². The molecule has 74 valence electrons. The molecule has 0 aromatic carbocycles. The van der Waals surface area contributed by atoms with Crippen LogP contribution in [0, 0.1) is 5.92 Å². The van der Waals surface area contributed by atoms with Crippen LogP contribution < -0.4 is 5.73 Å². The number of hydrogen-bond acceptors (Lipinski definition) is 3. The third kappa shape index (κ3) is 6.43. The number of carbonyl (C=O) groups excluding carboxylic acids is 1. The molecule has 0 fully saturated rings. The number of esters is 1. The smallest absolute Gasteiger partial charge is 0.305 e. The van der Waals surface area contributed by atoms with Crippen LogP contribution in [0.15, 0.2) is 0 Å². The van der Waals surface area contributed by atoms with Crippen LogP contribution in [-0.4, -0.2) is 19.6 Å². The molecule has 0 unspecified atom stereocenters. The van der Waals surface area contributed by atoms with E-state index in [0.29, 0.717) is 18.9 Å². The fourth-order valence-electron chi connectivity index (χ4n) is 1.03. The molecule has 0 aromatic rings.